The van der Waals surface area contributed by atoms with Gasteiger partial charge in [-0.1, -0.05) is 6.92 Å². The zero-order chi connectivity index (χ0) is 12.5. The largest absolute Gasteiger partial charge is 0.396 e. The van der Waals surface area contributed by atoms with E-state index in [2.05, 4.69) is 22.6 Å². The molecule has 3 rings (SSSR count). The van der Waals surface area contributed by atoms with Gasteiger partial charge in [0, 0.05) is 31.7 Å². The van der Waals surface area contributed by atoms with Crippen LogP contribution in [0.1, 0.15) is 43.7 Å². The second kappa shape index (κ2) is 5.02. The molecular weight excluding hydrogens is 226 g/mol. The number of hydrogen-bond donors (Lipinski definition) is 1. The molecule has 2 atom stereocenters. The highest BCUT2D eigenvalue weighted by molar-refractivity contribution is 5.12. The minimum atomic E-state index is 0.303. The molecule has 0 saturated carbocycles. The van der Waals surface area contributed by atoms with E-state index in [9.17, 15) is 5.11 Å². The van der Waals surface area contributed by atoms with Gasteiger partial charge in [-0.15, -0.1) is 0 Å². The van der Waals surface area contributed by atoms with Crippen LogP contribution < -0.4 is 0 Å². The fourth-order valence-corrected chi connectivity index (χ4v) is 3.39. The van der Waals surface area contributed by atoms with Crippen LogP contribution in [0.3, 0.4) is 0 Å². The Kier molecular flexibility index (Phi) is 3.39. The predicted octanol–water partition coefficient (Wildman–Crippen LogP) is 1.59. The SMILES string of the molecule is CCN1CCCC1c1cn2c(n1)CCC(CO)C2. The average Bonchev–Trinajstić information content (AvgIpc) is 3.03. The van der Waals surface area contributed by atoms with Gasteiger partial charge in [-0.05, 0) is 32.4 Å². The number of aryl methyl sites for hydroxylation is 1. The molecule has 4 heteroatoms. The van der Waals surface area contributed by atoms with Crippen molar-refractivity contribution in [3.8, 4) is 0 Å². The third-order valence-electron chi connectivity index (χ3n) is 4.48. The van der Waals surface area contributed by atoms with Crippen molar-refractivity contribution in [2.45, 2.75) is 45.2 Å². The summed E-state index contributed by atoms with van der Waals surface area (Å²) in [7, 11) is 0. The fourth-order valence-electron chi connectivity index (χ4n) is 3.39. The van der Waals surface area contributed by atoms with Gasteiger partial charge in [-0.3, -0.25) is 4.90 Å². The van der Waals surface area contributed by atoms with Crippen LogP contribution >= 0.6 is 0 Å². The molecule has 0 amide bonds. The molecule has 0 spiro atoms. The summed E-state index contributed by atoms with van der Waals surface area (Å²) in [6.45, 7) is 5.81. The van der Waals surface area contributed by atoms with Crippen molar-refractivity contribution >= 4 is 0 Å². The summed E-state index contributed by atoms with van der Waals surface area (Å²) in [5.74, 6) is 1.64. The molecule has 0 aromatic carbocycles. The van der Waals surface area contributed by atoms with E-state index in [0.717, 1.165) is 25.9 Å². The lowest BCUT2D eigenvalue weighted by Gasteiger charge is -2.21. The molecule has 0 radical (unpaired) electrons. The lowest BCUT2D eigenvalue weighted by molar-refractivity contribution is 0.190. The van der Waals surface area contributed by atoms with Gasteiger partial charge in [0.25, 0.3) is 0 Å². The predicted molar refractivity (Wildman–Crippen MR) is 70.3 cm³/mol. The Hall–Kier alpha value is -0.870. The normalized spacial score (nSPS) is 28.6. The first-order valence-corrected chi connectivity index (χ1v) is 7.22. The molecular formula is C14H23N3O. The van der Waals surface area contributed by atoms with E-state index in [1.165, 1.54) is 30.9 Å². The van der Waals surface area contributed by atoms with Crippen molar-refractivity contribution in [1.82, 2.24) is 14.5 Å². The summed E-state index contributed by atoms with van der Waals surface area (Å²) >= 11 is 0. The van der Waals surface area contributed by atoms with Gasteiger partial charge in [0.15, 0.2) is 0 Å². The lowest BCUT2D eigenvalue weighted by atomic mass is 10.0. The van der Waals surface area contributed by atoms with Gasteiger partial charge in [0.2, 0.25) is 0 Å². The van der Waals surface area contributed by atoms with E-state index in [0.29, 0.717) is 18.6 Å². The molecule has 2 unspecified atom stereocenters. The molecule has 1 saturated heterocycles. The number of nitrogens with zero attached hydrogens (tertiary/aromatic N) is 3. The summed E-state index contributed by atoms with van der Waals surface area (Å²) in [6, 6.07) is 0.528. The molecule has 2 aliphatic heterocycles. The summed E-state index contributed by atoms with van der Waals surface area (Å²) in [4.78, 5) is 7.37. The quantitative estimate of drug-likeness (QED) is 0.884. The highest BCUT2D eigenvalue weighted by Crippen LogP contribution is 2.32. The van der Waals surface area contributed by atoms with E-state index in [-0.39, 0.29) is 0 Å². The molecule has 3 heterocycles. The maximum absolute atomic E-state index is 9.27. The number of aliphatic hydroxyl groups excluding tert-OH is 1. The van der Waals surface area contributed by atoms with Crippen LogP contribution in [0.2, 0.25) is 0 Å². The number of likely N-dealkylation sites (tertiary alicyclic amines) is 1. The first kappa shape index (κ1) is 12.2. The molecule has 1 fully saturated rings. The molecule has 4 nitrogen and oxygen atoms in total. The molecule has 1 aromatic heterocycles. The lowest BCUT2D eigenvalue weighted by Crippen LogP contribution is -2.22. The van der Waals surface area contributed by atoms with E-state index in [4.69, 9.17) is 4.98 Å². The Morgan fingerprint density at radius 2 is 2.33 bits per heavy atom. The van der Waals surface area contributed by atoms with Crippen LogP contribution in [0, 0.1) is 5.92 Å². The van der Waals surface area contributed by atoms with E-state index in [1.807, 2.05) is 0 Å². The van der Waals surface area contributed by atoms with Crippen molar-refractivity contribution in [2.24, 2.45) is 5.92 Å². The summed E-state index contributed by atoms with van der Waals surface area (Å²) in [5.41, 5.74) is 1.25. The average molecular weight is 249 g/mol. The number of fused-ring (bicyclic) bond motifs is 1. The monoisotopic (exact) mass is 249 g/mol. The number of imidazole rings is 1. The van der Waals surface area contributed by atoms with Crippen molar-refractivity contribution in [3.05, 3.63) is 17.7 Å². The highest BCUT2D eigenvalue weighted by Gasteiger charge is 2.28. The Labute approximate surface area is 109 Å². The first-order valence-electron chi connectivity index (χ1n) is 7.22. The van der Waals surface area contributed by atoms with Crippen LogP contribution in [0.25, 0.3) is 0 Å². The Bertz CT molecular complexity index is 415. The maximum Gasteiger partial charge on any atom is 0.109 e. The van der Waals surface area contributed by atoms with Gasteiger partial charge >= 0.3 is 0 Å². The first-order chi connectivity index (χ1) is 8.81. The Morgan fingerprint density at radius 3 is 3.11 bits per heavy atom. The molecule has 0 aliphatic carbocycles. The van der Waals surface area contributed by atoms with Gasteiger partial charge in [0.05, 0.1) is 11.7 Å². The zero-order valence-electron chi connectivity index (χ0n) is 11.2. The van der Waals surface area contributed by atoms with E-state index < -0.39 is 0 Å². The third kappa shape index (κ3) is 2.08. The van der Waals surface area contributed by atoms with Crippen LogP contribution in [-0.4, -0.2) is 39.3 Å². The minimum absolute atomic E-state index is 0.303. The standard InChI is InChI=1S/C14H23N3O/c1-2-16-7-3-4-13(16)12-9-17-8-11(10-18)5-6-14(17)15-12/h9,11,13,18H,2-8,10H2,1H3. The minimum Gasteiger partial charge on any atom is -0.396 e. The van der Waals surface area contributed by atoms with Crippen molar-refractivity contribution in [1.29, 1.82) is 0 Å². The molecule has 0 bridgehead atoms. The number of aromatic nitrogens is 2. The maximum atomic E-state index is 9.27. The summed E-state index contributed by atoms with van der Waals surface area (Å²) in [5, 5.41) is 9.27. The topological polar surface area (TPSA) is 41.3 Å². The van der Waals surface area contributed by atoms with Gasteiger partial charge in [-0.25, -0.2) is 4.98 Å². The molecule has 100 valence electrons. The fraction of sp³-hybridized carbons (Fsp3) is 0.786. The smallest absolute Gasteiger partial charge is 0.109 e. The second-order valence-electron chi connectivity index (χ2n) is 5.61. The van der Waals surface area contributed by atoms with Gasteiger partial charge < -0.3 is 9.67 Å². The Balaban J connectivity index is 1.81. The van der Waals surface area contributed by atoms with Crippen LogP contribution in [0.5, 0.6) is 0 Å². The van der Waals surface area contributed by atoms with Crippen LogP contribution in [0.4, 0.5) is 0 Å². The second-order valence-corrected chi connectivity index (χ2v) is 5.61. The van der Waals surface area contributed by atoms with Gasteiger partial charge in [-0.2, -0.15) is 0 Å². The van der Waals surface area contributed by atoms with Crippen molar-refractivity contribution < 1.29 is 5.11 Å². The van der Waals surface area contributed by atoms with E-state index >= 15 is 0 Å². The molecule has 18 heavy (non-hydrogen) atoms. The van der Waals surface area contributed by atoms with Crippen LogP contribution in [0.15, 0.2) is 6.20 Å². The molecule has 2 aliphatic rings. The van der Waals surface area contributed by atoms with E-state index in [1.54, 1.807) is 0 Å². The number of hydrogen-bond acceptors (Lipinski definition) is 3. The van der Waals surface area contributed by atoms with Crippen LogP contribution in [-0.2, 0) is 13.0 Å². The summed E-state index contributed by atoms with van der Waals surface area (Å²) in [6.07, 6.45) is 6.86. The number of rotatable bonds is 3. The molecule has 1 aromatic rings. The molecule has 1 N–H and O–H groups in total. The Morgan fingerprint density at radius 1 is 1.44 bits per heavy atom. The number of aliphatic hydroxyl groups is 1. The van der Waals surface area contributed by atoms with Gasteiger partial charge in [0.1, 0.15) is 5.82 Å². The van der Waals surface area contributed by atoms with Crippen molar-refractivity contribution in [3.63, 3.8) is 0 Å². The summed E-state index contributed by atoms with van der Waals surface area (Å²) < 4.78 is 2.27. The zero-order valence-corrected chi connectivity index (χ0v) is 11.2. The third-order valence-corrected chi connectivity index (χ3v) is 4.48. The highest BCUT2D eigenvalue weighted by atomic mass is 16.3. The van der Waals surface area contributed by atoms with Crippen molar-refractivity contribution in [2.75, 3.05) is 19.7 Å².